The highest BCUT2D eigenvalue weighted by atomic mass is 127. The molecule has 2 saturated heterocycles. The van der Waals surface area contributed by atoms with Crippen molar-refractivity contribution in [3.63, 3.8) is 0 Å². The summed E-state index contributed by atoms with van der Waals surface area (Å²) in [7, 11) is 1.79. The number of halogens is 1. The van der Waals surface area contributed by atoms with Crippen LogP contribution >= 0.6 is 24.0 Å². The van der Waals surface area contributed by atoms with Gasteiger partial charge in [-0.2, -0.15) is 0 Å². The van der Waals surface area contributed by atoms with Crippen LogP contribution in [0.5, 0.6) is 5.75 Å². The molecule has 0 bridgehead atoms. The van der Waals surface area contributed by atoms with Crippen LogP contribution in [-0.4, -0.2) is 87.8 Å². The molecule has 2 aliphatic heterocycles. The highest BCUT2D eigenvalue weighted by Gasteiger charge is 2.18. The second-order valence-electron chi connectivity index (χ2n) is 8.35. The van der Waals surface area contributed by atoms with E-state index >= 15 is 0 Å². The Kier molecular flexibility index (Phi) is 11.5. The number of carbonyl (C=O) groups is 1. The zero-order valence-electron chi connectivity index (χ0n) is 19.6. The van der Waals surface area contributed by atoms with Crippen LogP contribution in [0.25, 0.3) is 0 Å². The van der Waals surface area contributed by atoms with Gasteiger partial charge in [0.25, 0.3) is 0 Å². The lowest BCUT2D eigenvalue weighted by molar-refractivity contribution is -0.130. The molecule has 2 aliphatic rings. The zero-order chi connectivity index (χ0) is 22.1. The Morgan fingerprint density at radius 1 is 1.25 bits per heavy atom. The summed E-state index contributed by atoms with van der Waals surface area (Å²) in [5.41, 5.74) is 2.31. The number of aliphatic imine (C=N–C) groups is 1. The Hall–Kier alpha value is -1.59. The summed E-state index contributed by atoms with van der Waals surface area (Å²) in [5.74, 6) is 2.35. The van der Waals surface area contributed by atoms with E-state index in [9.17, 15) is 4.79 Å². The van der Waals surface area contributed by atoms with Crippen LogP contribution in [0.1, 0.15) is 24.5 Å². The first-order valence-corrected chi connectivity index (χ1v) is 11.3. The maximum atomic E-state index is 11.4. The predicted octanol–water partition coefficient (Wildman–Crippen LogP) is 1.86. The molecular formula is C23H38IN5O3. The molecule has 1 unspecified atom stereocenters. The lowest BCUT2D eigenvalue weighted by atomic mass is 10.1. The van der Waals surface area contributed by atoms with E-state index in [0.717, 1.165) is 76.2 Å². The van der Waals surface area contributed by atoms with Crippen molar-refractivity contribution >= 4 is 35.8 Å². The topological polar surface area (TPSA) is 78.4 Å². The van der Waals surface area contributed by atoms with Crippen molar-refractivity contribution in [2.45, 2.75) is 26.8 Å². The standard InChI is InChI=1S/C23H37N5O3.HI/c1-18-4-5-21(22(14-18)31-17-20-6-13-30-16-20)15-26-23(24-3)25-7-8-27-9-11-28(12-10-27)19(2)29;/h4-5,14,20H,6-13,15-17H2,1-3H3,(H2,24,25,26);1H. The molecule has 3 rings (SSSR count). The minimum absolute atomic E-state index is 0. The molecule has 1 atom stereocenters. The van der Waals surface area contributed by atoms with Gasteiger partial charge in [0.05, 0.1) is 13.2 Å². The van der Waals surface area contributed by atoms with E-state index in [4.69, 9.17) is 9.47 Å². The molecule has 1 aromatic rings. The van der Waals surface area contributed by atoms with Crippen molar-refractivity contribution in [3.05, 3.63) is 29.3 Å². The quantitative estimate of drug-likeness (QED) is 0.288. The van der Waals surface area contributed by atoms with Crippen molar-refractivity contribution in [3.8, 4) is 5.75 Å². The maximum Gasteiger partial charge on any atom is 0.219 e. The van der Waals surface area contributed by atoms with E-state index < -0.39 is 0 Å². The van der Waals surface area contributed by atoms with Crippen molar-refractivity contribution < 1.29 is 14.3 Å². The van der Waals surface area contributed by atoms with Crippen LogP contribution in [0, 0.1) is 12.8 Å². The van der Waals surface area contributed by atoms with Gasteiger partial charge in [0.2, 0.25) is 5.91 Å². The van der Waals surface area contributed by atoms with Crippen LogP contribution in [0.2, 0.25) is 0 Å². The highest BCUT2D eigenvalue weighted by Crippen LogP contribution is 2.22. The predicted molar refractivity (Wildman–Crippen MR) is 138 cm³/mol. The van der Waals surface area contributed by atoms with Crippen LogP contribution in [0.15, 0.2) is 23.2 Å². The van der Waals surface area contributed by atoms with Crippen molar-refractivity contribution in [2.24, 2.45) is 10.9 Å². The number of carbonyl (C=O) groups excluding carboxylic acids is 1. The van der Waals surface area contributed by atoms with Gasteiger partial charge >= 0.3 is 0 Å². The molecule has 0 aliphatic carbocycles. The Labute approximate surface area is 209 Å². The first-order chi connectivity index (χ1) is 15.0. The van der Waals surface area contributed by atoms with Gasteiger partial charge in [-0.05, 0) is 25.0 Å². The van der Waals surface area contributed by atoms with Gasteiger partial charge in [-0.1, -0.05) is 12.1 Å². The summed E-state index contributed by atoms with van der Waals surface area (Å²) >= 11 is 0. The molecule has 2 heterocycles. The molecule has 2 fully saturated rings. The van der Waals surface area contributed by atoms with E-state index in [1.165, 1.54) is 5.56 Å². The van der Waals surface area contributed by atoms with Gasteiger partial charge in [-0.3, -0.25) is 14.7 Å². The maximum absolute atomic E-state index is 11.4. The van der Waals surface area contributed by atoms with E-state index in [2.05, 4.69) is 45.6 Å². The molecule has 0 radical (unpaired) electrons. The third kappa shape index (κ3) is 8.40. The summed E-state index contributed by atoms with van der Waals surface area (Å²) in [4.78, 5) is 20.1. The lowest BCUT2D eigenvalue weighted by Gasteiger charge is -2.34. The number of piperazine rings is 1. The van der Waals surface area contributed by atoms with E-state index in [0.29, 0.717) is 19.1 Å². The second-order valence-corrected chi connectivity index (χ2v) is 8.35. The van der Waals surface area contributed by atoms with E-state index in [1.807, 2.05) is 4.90 Å². The minimum atomic E-state index is 0. The first-order valence-electron chi connectivity index (χ1n) is 11.3. The molecular weight excluding hydrogens is 521 g/mol. The highest BCUT2D eigenvalue weighted by molar-refractivity contribution is 14.0. The smallest absolute Gasteiger partial charge is 0.219 e. The fourth-order valence-electron chi connectivity index (χ4n) is 3.88. The molecule has 8 nitrogen and oxygen atoms in total. The molecule has 1 aromatic carbocycles. The number of benzene rings is 1. The summed E-state index contributed by atoms with van der Waals surface area (Å²) in [5, 5.41) is 6.78. The Morgan fingerprint density at radius 3 is 2.69 bits per heavy atom. The Bertz CT molecular complexity index is 747. The zero-order valence-corrected chi connectivity index (χ0v) is 21.9. The largest absolute Gasteiger partial charge is 0.493 e. The van der Waals surface area contributed by atoms with Gasteiger partial charge in [-0.25, -0.2) is 0 Å². The van der Waals surface area contributed by atoms with Crippen LogP contribution in [0.4, 0.5) is 0 Å². The number of aryl methyl sites for hydroxylation is 1. The number of nitrogens with zero attached hydrogens (tertiary/aromatic N) is 3. The molecule has 9 heteroatoms. The van der Waals surface area contributed by atoms with Gasteiger partial charge in [-0.15, -0.1) is 24.0 Å². The number of hydrogen-bond acceptors (Lipinski definition) is 5. The molecule has 0 spiro atoms. The van der Waals surface area contributed by atoms with E-state index in [-0.39, 0.29) is 29.9 Å². The third-order valence-corrected chi connectivity index (χ3v) is 5.93. The molecule has 0 aromatic heterocycles. The van der Waals surface area contributed by atoms with Crippen LogP contribution in [-0.2, 0) is 16.1 Å². The van der Waals surface area contributed by atoms with Crippen molar-refractivity contribution in [1.82, 2.24) is 20.4 Å². The van der Waals surface area contributed by atoms with Crippen molar-refractivity contribution in [1.29, 1.82) is 0 Å². The first kappa shape index (κ1) is 26.7. The summed E-state index contributed by atoms with van der Waals surface area (Å²) in [6.07, 6.45) is 1.07. The van der Waals surface area contributed by atoms with E-state index in [1.54, 1.807) is 14.0 Å². The number of guanidine groups is 1. The molecule has 2 N–H and O–H groups in total. The number of amides is 1. The number of nitrogens with one attached hydrogen (secondary N) is 2. The third-order valence-electron chi connectivity index (χ3n) is 5.93. The number of hydrogen-bond donors (Lipinski definition) is 2. The normalized spacial score (nSPS) is 19.4. The fraction of sp³-hybridized carbons (Fsp3) is 0.652. The fourth-order valence-corrected chi connectivity index (χ4v) is 3.88. The van der Waals surface area contributed by atoms with Gasteiger partial charge in [0, 0.05) is 77.9 Å². The van der Waals surface area contributed by atoms with Crippen LogP contribution in [0.3, 0.4) is 0 Å². The Morgan fingerprint density at radius 2 is 2.03 bits per heavy atom. The summed E-state index contributed by atoms with van der Waals surface area (Å²) in [6, 6.07) is 6.33. The molecule has 180 valence electrons. The minimum Gasteiger partial charge on any atom is -0.493 e. The molecule has 0 saturated carbocycles. The van der Waals surface area contributed by atoms with Gasteiger partial charge < -0.3 is 25.0 Å². The number of rotatable bonds is 8. The van der Waals surface area contributed by atoms with Gasteiger partial charge in [0.1, 0.15) is 5.75 Å². The van der Waals surface area contributed by atoms with Gasteiger partial charge in [0.15, 0.2) is 5.96 Å². The second kappa shape index (κ2) is 13.8. The monoisotopic (exact) mass is 559 g/mol. The summed E-state index contributed by atoms with van der Waals surface area (Å²) < 4.78 is 11.6. The number of ether oxygens (including phenoxy) is 2. The molecule has 1 amide bonds. The average Bonchev–Trinajstić information content (AvgIpc) is 3.29. The van der Waals surface area contributed by atoms with Crippen LogP contribution < -0.4 is 15.4 Å². The van der Waals surface area contributed by atoms with Crippen molar-refractivity contribution in [2.75, 3.05) is 66.1 Å². The lowest BCUT2D eigenvalue weighted by Crippen LogP contribution is -2.50. The SMILES string of the molecule is CN=C(NCCN1CCN(C(C)=O)CC1)NCc1ccc(C)cc1OCC1CCOC1.I. The molecule has 32 heavy (non-hydrogen) atoms. The Balaban J connectivity index is 0.00000363. The summed E-state index contributed by atoms with van der Waals surface area (Å²) in [6.45, 7) is 11.9. The average molecular weight is 559 g/mol.